The number of carbonyl (C=O) groups is 2. The van der Waals surface area contributed by atoms with Gasteiger partial charge in [-0.25, -0.2) is 0 Å². The van der Waals surface area contributed by atoms with E-state index in [1.807, 2.05) is 24.3 Å². The molecule has 2 aromatic rings. The van der Waals surface area contributed by atoms with E-state index in [-0.39, 0.29) is 11.8 Å². The number of nitrogens with zero attached hydrogens (tertiary/aromatic N) is 1. The maximum Gasteiger partial charge on any atom is 0.251 e. The van der Waals surface area contributed by atoms with Crippen molar-refractivity contribution in [2.75, 3.05) is 18.0 Å². The molecule has 1 aliphatic heterocycles. The fourth-order valence-electron chi connectivity index (χ4n) is 2.73. The Bertz CT molecular complexity index is 728. The molecular weight excluding hydrogens is 312 g/mol. The van der Waals surface area contributed by atoms with E-state index >= 15 is 0 Å². The number of hydrogen-bond acceptors (Lipinski definition) is 2. The monoisotopic (exact) mass is 328 g/mol. The summed E-state index contributed by atoms with van der Waals surface area (Å²) >= 11 is 5.81. The number of aryl methyl sites for hydroxylation is 1. The number of nitrogens with one attached hydrogen (secondary N) is 1. The summed E-state index contributed by atoms with van der Waals surface area (Å²) in [6, 6.07) is 14.6. The molecule has 1 aliphatic rings. The first-order chi connectivity index (χ1) is 11.1. The number of anilines is 1. The van der Waals surface area contributed by atoms with E-state index in [0.29, 0.717) is 30.1 Å². The van der Waals surface area contributed by atoms with Crippen LogP contribution in [0, 0.1) is 0 Å². The second-order valence-corrected chi connectivity index (χ2v) is 5.87. The molecule has 3 rings (SSSR count). The van der Waals surface area contributed by atoms with Crippen LogP contribution in [0.4, 0.5) is 5.69 Å². The number of benzene rings is 2. The van der Waals surface area contributed by atoms with Crippen molar-refractivity contribution in [3.8, 4) is 0 Å². The van der Waals surface area contributed by atoms with Crippen LogP contribution in [0.1, 0.15) is 22.3 Å². The average Bonchev–Trinajstić information content (AvgIpc) is 2.57. The molecule has 0 aromatic heterocycles. The smallest absolute Gasteiger partial charge is 0.251 e. The van der Waals surface area contributed by atoms with Gasteiger partial charge in [-0.3, -0.25) is 9.59 Å². The van der Waals surface area contributed by atoms with Gasteiger partial charge >= 0.3 is 0 Å². The van der Waals surface area contributed by atoms with Crippen molar-refractivity contribution in [1.29, 1.82) is 0 Å². The molecule has 0 radical (unpaired) electrons. The summed E-state index contributed by atoms with van der Waals surface area (Å²) in [7, 11) is 0. The van der Waals surface area contributed by atoms with Gasteiger partial charge in [0.15, 0.2) is 0 Å². The minimum absolute atomic E-state index is 0.101. The summed E-state index contributed by atoms with van der Waals surface area (Å²) in [5.74, 6) is -0.0659. The molecule has 5 heteroatoms. The van der Waals surface area contributed by atoms with Gasteiger partial charge in [-0.15, -0.1) is 0 Å². The van der Waals surface area contributed by atoms with E-state index in [1.165, 1.54) is 5.56 Å². The molecule has 118 valence electrons. The van der Waals surface area contributed by atoms with E-state index in [0.717, 1.165) is 12.1 Å². The van der Waals surface area contributed by atoms with Crippen LogP contribution >= 0.6 is 11.6 Å². The number of hydrogen-bond donors (Lipinski definition) is 1. The van der Waals surface area contributed by atoms with Crippen LogP contribution in [-0.2, 0) is 11.2 Å². The van der Waals surface area contributed by atoms with Gasteiger partial charge in [0.25, 0.3) is 5.91 Å². The molecule has 0 aliphatic carbocycles. The summed E-state index contributed by atoms with van der Waals surface area (Å²) in [6.07, 6.45) is 1.30. The zero-order chi connectivity index (χ0) is 16.2. The van der Waals surface area contributed by atoms with Gasteiger partial charge in [0.05, 0.1) is 0 Å². The molecule has 1 heterocycles. The normalized spacial score (nSPS) is 13.6. The lowest BCUT2D eigenvalue weighted by Crippen LogP contribution is -2.41. The molecule has 0 bridgehead atoms. The van der Waals surface area contributed by atoms with Gasteiger partial charge in [-0.2, -0.15) is 0 Å². The Labute approximate surface area is 140 Å². The highest BCUT2D eigenvalue weighted by atomic mass is 35.5. The molecule has 0 unspecified atom stereocenters. The number of fused-ring (bicyclic) bond motifs is 1. The number of halogens is 1. The molecule has 0 atom stereocenters. The van der Waals surface area contributed by atoms with E-state index in [9.17, 15) is 9.59 Å². The molecule has 1 N–H and O–H groups in total. The van der Waals surface area contributed by atoms with Crippen LogP contribution in [0.2, 0.25) is 5.02 Å². The SMILES string of the molecule is O=C(NCCN1C(=O)CCc2ccccc21)c1ccc(Cl)cc1. The van der Waals surface area contributed by atoms with E-state index in [1.54, 1.807) is 29.2 Å². The van der Waals surface area contributed by atoms with Crippen molar-refractivity contribution in [2.45, 2.75) is 12.8 Å². The lowest BCUT2D eigenvalue weighted by Gasteiger charge is -2.29. The summed E-state index contributed by atoms with van der Waals surface area (Å²) in [5, 5.41) is 3.44. The van der Waals surface area contributed by atoms with Crippen LogP contribution in [-0.4, -0.2) is 24.9 Å². The quantitative estimate of drug-likeness (QED) is 0.937. The largest absolute Gasteiger partial charge is 0.350 e. The molecule has 0 saturated carbocycles. The van der Waals surface area contributed by atoms with Gasteiger partial charge in [0.1, 0.15) is 0 Å². The summed E-state index contributed by atoms with van der Waals surface area (Å²) in [5.41, 5.74) is 2.68. The van der Waals surface area contributed by atoms with Crippen molar-refractivity contribution in [1.82, 2.24) is 5.32 Å². The standard InChI is InChI=1S/C18H17ClN2O2/c19-15-8-5-14(6-9-15)18(23)20-11-12-21-16-4-2-1-3-13(16)7-10-17(21)22/h1-6,8-9H,7,10-12H2,(H,20,23). The Kier molecular flexibility index (Phi) is 4.63. The first kappa shape index (κ1) is 15.6. The molecule has 4 nitrogen and oxygen atoms in total. The van der Waals surface area contributed by atoms with Crippen molar-refractivity contribution in [2.24, 2.45) is 0 Å². The topological polar surface area (TPSA) is 49.4 Å². The predicted octanol–water partition coefficient (Wildman–Crippen LogP) is 3.05. The molecule has 0 spiro atoms. The summed E-state index contributed by atoms with van der Waals surface area (Å²) in [4.78, 5) is 26.0. The molecular formula is C18H17ClN2O2. The highest BCUT2D eigenvalue weighted by Crippen LogP contribution is 2.26. The third kappa shape index (κ3) is 3.54. The summed E-state index contributed by atoms with van der Waals surface area (Å²) in [6.45, 7) is 0.872. The fraction of sp³-hybridized carbons (Fsp3) is 0.222. The van der Waals surface area contributed by atoms with Gasteiger partial charge in [0.2, 0.25) is 5.91 Å². The lowest BCUT2D eigenvalue weighted by molar-refractivity contribution is -0.118. The Balaban J connectivity index is 1.61. The average molecular weight is 329 g/mol. The number of amides is 2. The maximum atomic E-state index is 12.1. The Morgan fingerprint density at radius 1 is 1.09 bits per heavy atom. The highest BCUT2D eigenvalue weighted by molar-refractivity contribution is 6.30. The first-order valence-electron chi connectivity index (χ1n) is 7.57. The Hall–Kier alpha value is -2.33. The second-order valence-electron chi connectivity index (χ2n) is 5.44. The van der Waals surface area contributed by atoms with Crippen molar-refractivity contribution in [3.05, 3.63) is 64.7 Å². The molecule has 2 aromatic carbocycles. The van der Waals surface area contributed by atoms with Gasteiger partial charge < -0.3 is 10.2 Å². The molecule has 2 amide bonds. The second kappa shape index (κ2) is 6.84. The van der Waals surface area contributed by atoms with Crippen molar-refractivity contribution >= 4 is 29.1 Å². The van der Waals surface area contributed by atoms with E-state index in [2.05, 4.69) is 5.32 Å². The van der Waals surface area contributed by atoms with E-state index < -0.39 is 0 Å². The maximum absolute atomic E-state index is 12.1. The fourth-order valence-corrected chi connectivity index (χ4v) is 2.85. The third-order valence-corrected chi connectivity index (χ3v) is 4.17. The van der Waals surface area contributed by atoms with Crippen molar-refractivity contribution < 1.29 is 9.59 Å². The first-order valence-corrected chi connectivity index (χ1v) is 7.95. The van der Waals surface area contributed by atoms with Crippen LogP contribution in [0.5, 0.6) is 0 Å². The number of rotatable bonds is 4. The van der Waals surface area contributed by atoms with Crippen LogP contribution < -0.4 is 10.2 Å². The Morgan fingerprint density at radius 3 is 2.61 bits per heavy atom. The number of carbonyl (C=O) groups excluding carboxylic acids is 2. The van der Waals surface area contributed by atoms with Gasteiger partial charge in [-0.05, 0) is 42.3 Å². The molecule has 0 fully saturated rings. The summed E-state index contributed by atoms with van der Waals surface area (Å²) < 4.78 is 0. The minimum atomic E-state index is -0.167. The van der Waals surface area contributed by atoms with Gasteiger partial charge in [-0.1, -0.05) is 29.8 Å². The predicted molar refractivity (Wildman–Crippen MR) is 90.9 cm³/mol. The van der Waals surface area contributed by atoms with Crippen LogP contribution in [0.25, 0.3) is 0 Å². The minimum Gasteiger partial charge on any atom is -0.350 e. The van der Waals surface area contributed by atoms with E-state index in [4.69, 9.17) is 11.6 Å². The zero-order valence-corrected chi connectivity index (χ0v) is 13.3. The third-order valence-electron chi connectivity index (χ3n) is 3.92. The Morgan fingerprint density at radius 2 is 1.83 bits per heavy atom. The van der Waals surface area contributed by atoms with Crippen LogP contribution in [0.3, 0.4) is 0 Å². The van der Waals surface area contributed by atoms with Crippen LogP contribution in [0.15, 0.2) is 48.5 Å². The zero-order valence-electron chi connectivity index (χ0n) is 12.6. The molecule has 23 heavy (non-hydrogen) atoms. The number of para-hydroxylation sites is 1. The van der Waals surface area contributed by atoms with Gasteiger partial charge in [0, 0.05) is 35.8 Å². The highest BCUT2D eigenvalue weighted by Gasteiger charge is 2.23. The van der Waals surface area contributed by atoms with Crippen molar-refractivity contribution in [3.63, 3.8) is 0 Å². The lowest BCUT2D eigenvalue weighted by atomic mass is 10.0. The molecule has 0 saturated heterocycles.